The van der Waals surface area contributed by atoms with Crippen LogP contribution in [-0.4, -0.2) is 53.3 Å². The lowest BCUT2D eigenvalue weighted by atomic mass is 10.0. The normalized spacial score (nSPS) is 21.2. The smallest absolute Gasteiger partial charge is 0.262 e. The number of hydrogen-bond acceptors (Lipinski definition) is 4. The van der Waals surface area contributed by atoms with E-state index in [0.717, 1.165) is 16.0 Å². The second kappa shape index (κ2) is 8.02. The number of morpholine rings is 1. The van der Waals surface area contributed by atoms with Gasteiger partial charge >= 0.3 is 0 Å². The van der Waals surface area contributed by atoms with Crippen molar-refractivity contribution >= 4 is 40.9 Å². The Morgan fingerprint density at radius 1 is 1.10 bits per heavy atom. The number of hydrogen-bond donors (Lipinski definition) is 0. The fraction of sp³-hybridized carbons (Fsp3) is 0.318. The van der Waals surface area contributed by atoms with Crippen LogP contribution in [0.25, 0.3) is 0 Å². The number of fused-ring (bicyclic) bond motifs is 1. The molecule has 30 heavy (non-hydrogen) atoms. The molecule has 8 heteroatoms. The number of halogens is 2. The predicted octanol–water partition coefficient (Wildman–Crippen LogP) is 3.89. The van der Waals surface area contributed by atoms with Gasteiger partial charge in [0.1, 0.15) is 12.6 Å². The van der Waals surface area contributed by atoms with Crippen molar-refractivity contribution in [2.75, 3.05) is 19.7 Å². The van der Waals surface area contributed by atoms with E-state index in [1.807, 2.05) is 38.1 Å². The molecule has 1 fully saturated rings. The summed E-state index contributed by atoms with van der Waals surface area (Å²) in [4.78, 5) is 41.1. The number of amides is 3. The summed E-state index contributed by atoms with van der Waals surface area (Å²) in [6, 6.07) is 10.4. The number of nitrogens with zero attached hydrogens (tertiary/aromatic N) is 2. The van der Waals surface area contributed by atoms with Crippen LogP contribution in [0.3, 0.4) is 0 Å². The Labute approximate surface area is 184 Å². The van der Waals surface area contributed by atoms with Gasteiger partial charge in [-0.1, -0.05) is 47.5 Å². The average Bonchev–Trinajstić information content (AvgIpc) is 2.93. The Balaban J connectivity index is 1.52. The van der Waals surface area contributed by atoms with Crippen molar-refractivity contribution in [3.05, 3.63) is 68.7 Å². The second-order valence-corrected chi connectivity index (χ2v) is 8.40. The van der Waals surface area contributed by atoms with E-state index in [-0.39, 0.29) is 45.8 Å². The van der Waals surface area contributed by atoms with Crippen molar-refractivity contribution in [3.8, 4) is 0 Å². The van der Waals surface area contributed by atoms with Gasteiger partial charge in [0.05, 0.1) is 40.4 Å². The molecule has 0 aliphatic carbocycles. The third-order valence-electron chi connectivity index (χ3n) is 5.59. The standard InChI is InChI=1S/C22H20Cl2N2O4/c1-12-5-3-4-6-14(12)19-9-25(13(2)11-30-19)20(27)10-26-21(28)15-7-17(23)18(24)8-16(15)22(26)29/h3-8,13,19H,9-11H2,1-2H3/t13-,19+/m1/s1. The van der Waals surface area contributed by atoms with Gasteiger partial charge in [0.15, 0.2) is 0 Å². The molecule has 2 aliphatic heterocycles. The van der Waals surface area contributed by atoms with Crippen LogP contribution in [0.5, 0.6) is 0 Å². The van der Waals surface area contributed by atoms with E-state index in [1.54, 1.807) is 4.90 Å². The molecule has 2 aliphatic rings. The van der Waals surface area contributed by atoms with Crippen LogP contribution in [0.4, 0.5) is 0 Å². The maximum Gasteiger partial charge on any atom is 0.262 e. The summed E-state index contributed by atoms with van der Waals surface area (Å²) in [5.41, 5.74) is 2.43. The maximum absolute atomic E-state index is 13.1. The predicted molar refractivity (Wildman–Crippen MR) is 113 cm³/mol. The highest BCUT2D eigenvalue weighted by Crippen LogP contribution is 2.32. The maximum atomic E-state index is 13.1. The number of ether oxygens (including phenoxy) is 1. The molecule has 2 aromatic carbocycles. The quantitative estimate of drug-likeness (QED) is 0.670. The number of carbonyl (C=O) groups excluding carboxylic acids is 3. The molecular formula is C22H20Cl2N2O4. The molecule has 0 aromatic heterocycles. The van der Waals surface area contributed by atoms with E-state index in [0.29, 0.717) is 13.2 Å². The fourth-order valence-corrected chi connectivity index (χ4v) is 4.22. The first-order valence-corrected chi connectivity index (χ1v) is 10.4. The summed E-state index contributed by atoms with van der Waals surface area (Å²) in [7, 11) is 0. The van der Waals surface area contributed by atoms with E-state index in [1.165, 1.54) is 12.1 Å². The van der Waals surface area contributed by atoms with Gasteiger partial charge in [-0.25, -0.2) is 0 Å². The first-order valence-electron chi connectivity index (χ1n) is 9.59. The lowest BCUT2D eigenvalue weighted by Crippen LogP contribution is -2.52. The fourth-order valence-electron chi connectivity index (χ4n) is 3.89. The summed E-state index contributed by atoms with van der Waals surface area (Å²) in [5.74, 6) is -1.40. The van der Waals surface area contributed by atoms with Crippen molar-refractivity contribution < 1.29 is 19.1 Å². The average molecular weight is 447 g/mol. The highest BCUT2D eigenvalue weighted by molar-refractivity contribution is 6.43. The van der Waals surface area contributed by atoms with Crippen LogP contribution >= 0.6 is 23.2 Å². The minimum atomic E-state index is -0.543. The number of benzene rings is 2. The lowest BCUT2D eigenvalue weighted by molar-refractivity contribution is -0.144. The van der Waals surface area contributed by atoms with Gasteiger partial charge in [0, 0.05) is 0 Å². The van der Waals surface area contributed by atoms with Crippen LogP contribution in [-0.2, 0) is 9.53 Å². The van der Waals surface area contributed by atoms with Crippen LogP contribution in [0.1, 0.15) is 44.9 Å². The first kappa shape index (κ1) is 20.8. The SMILES string of the molecule is Cc1ccccc1[C@@H]1CN(C(=O)CN2C(=O)c3cc(Cl)c(Cl)cc3C2=O)[C@H](C)CO1. The Morgan fingerprint density at radius 2 is 1.70 bits per heavy atom. The van der Waals surface area contributed by atoms with Crippen molar-refractivity contribution in [3.63, 3.8) is 0 Å². The van der Waals surface area contributed by atoms with Crippen molar-refractivity contribution in [2.45, 2.75) is 26.0 Å². The number of rotatable bonds is 3. The molecule has 0 radical (unpaired) electrons. The van der Waals surface area contributed by atoms with Crippen molar-refractivity contribution in [1.29, 1.82) is 0 Å². The molecular weight excluding hydrogens is 427 g/mol. The molecule has 0 spiro atoms. The van der Waals surface area contributed by atoms with Gasteiger partial charge in [-0.05, 0) is 37.1 Å². The zero-order valence-corrected chi connectivity index (χ0v) is 18.0. The summed E-state index contributed by atoms with van der Waals surface area (Å²) in [6.45, 7) is 4.27. The summed E-state index contributed by atoms with van der Waals surface area (Å²) >= 11 is 12.0. The van der Waals surface area contributed by atoms with Gasteiger partial charge in [-0.3, -0.25) is 19.3 Å². The van der Waals surface area contributed by atoms with Crippen LogP contribution in [0, 0.1) is 6.92 Å². The third kappa shape index (κ3) is 3.60. The van der Waals surface area contributed by atoms with E-state index >= 15 is 0 Å². The largest absolute Gasteiger partial charge is 0.370 e. The molecule has 2 heterocycles. The second-order valence-electron chi connectivity index (χ2n) is 7.58. The minimum Gasteiger partial charge on any atom is -0.370 e. The summed E-state index contributed by atoms with van der Waals surface area (Å²) in [5, 5.41) is 0.375. The van der Waals surface area contributed by atoms with Crippen molar-refractivity contribution in [2.24, 2.45) is 0 Å². The highest BCUT2D eigenvalue weighted by Gasteiger charge is 2.39. The van der Waals surface area contributed by atoms with E-state index in [9.17, 15) is 14.4 Å². The van der Waals surface area contributed by atoms with Crippen LogP contribution in [0.2, 0.25) is 10.0 Å². The molecule has 4 rings (SSSR count). The zero-order chi connectivity index (χ0) is 21.6. The number of carbonyl (C=O) groups is 3. The molecule has 0 N–H and O–H groups in total. The van der Waals surface area contributed by atoms with Gasteiger partial charge in [-0.15, -0.1) is 0 Å². The zero-order valence-electron chi connectivity index (χ0n) is 16.5. The summed E-state index contributed by atoms with van der Waals surface area (Å²) in [6.07, 6.45) is -0.258. The Kier molecular flexibility index (Phi) is 5.57. The Bertz CT molecular complexity index is 1010. The van der Waals surface area contributed by atoms with E-state index in [4.69, 9.17) is 27.9 Å². The minimum absolute atomic E-state index is 0.162. The van der Waals surface area contributed by atoms with Crippen molar-refractivity contribution in [1.82, 2.24) is 9.80 Å². The molecule has 1 saturated heterocycles. The van der Waals surface area contributed by atoms with E-state index in [2.05, 4.69) is 0 Å². The molecule has 0 saturated carbocycles. The van der Waals surface area contributed by atoms with Gasteiger partial charge in [0.2, 0.25) is 5.91 Å². The molecule has 2 atom stereocenters. The molecule has 3 amide bonds. The van der Waals surface area contributed by atoms with Gasteiger partial charge in [-0.2, -0.15) is 0 Å². The number of imide groups is 1. The Hall–Kier alpha value is -2.41. The highest BCUT2D eigenvalue weighted by atomic mass is 35.5. The molecule has 0 unspecified atom stereocenters. The van der Waals surface area contributed by atoms with Crippen LogP contribution < -0.4 is 0 Å². The van der Waals surface area contributed by atoms with Gasteiger partial charge < -0.3 is 9.64 Å². The van der Waals surface area contributed by atoms with Gasteiger partial charge in [0.25, 0.3) is 11.8 Å². The molecule has 156 valence electrons. The molecule has 6 nitrogen and oxygen atoms in total. The monoisotopic (exact) mass is 446 g/mol. The van der Waals surface area contributed by atoms with Crippen LogP contribution in [0.15, 0.2) is 36.4 Å². The number of aryl methyl sites for hydroxylation is 1. The first-order chi connectivity index (χ1) is 14.3. The lowest BCUT2D eigenvalue weighted by Gasteiger charge is -2.39. The van der Waals surface area contributed by atoms with E-state index < -0.39 is 11.8 Å². The Morgan fingerprint density at radius 3 is 2.30 bits per heavy atom. The topological polar surface area (TPSA) is 66.9 Å². The third-order valence-corrected chi connectivity index (χ3v) is 6.32. The molecule has 2 aromatic rings. The summed E-state index contributed by atoms with van der Waals surface area (Å²) < 4.78 is 5.96. The molecule has 0 bridgehead atoms.